The molecule has 3 atom stereocenters. The van der Waals surface area contributed by atoms with Crippen LogP contribution in [0.2, 0.25) is 0 Å². The van der Waals surface area contributed by atoms with E-state index in [1.165, 1.54) is 6.92 Å². The Labute approximate surface area is 142 Å². The van der Waals surface area contributed by atoms with Crippen molar-refractivity contribution < 1.29 is 23.9 Å². The van der Waals surface area contributed by atoms with Crippen LogP contribution in [0.25, 0.3) is 0 Å². The van der Waals surface area contributed by atoms with E-state index in [0.717, 1.165) is 29.1 Å². The first-order chi connectivity index (χ1) is 11.2. The second kappa shape index (κ2) is 7.32. The Balaban J connectivity index is 2.04. The smallest absolute Gasteiger partial charge is 0.417 e. The van der Waals surface area contributed by atoms with Gasteiger partial charge in [0.25, 0.3) is 5.91 Å². The van der Waals surface area contributed by atoms with E-state index < -0.39 is 36.9 Å². The third-order valence-corrected chi connectivity index (χ3v) is 5.00. The summed E-state index contributed by atoms with van der Waals surface area (Å²) in [5, 5.41) is 0. The molecule has 0 radical (unpaired) electrons. The van der Waals surface area contributed by atoms with Gasteiger partial charge in [-0.05, 0) is 30.6 Å². The highest BCUT2D eigenvalue weighted by atomic mass is 16.6. The Kier molecular flexibility index (Phi) is 5.62. The van der Waals surface area contributed by atoms with Crippen molar-refractivity contribution in [2.45, 2.75) is 53.1 Å². The molecule has 134 valence electrons. The summed E-state index contributed by atoms with van der Waals surface area (Å²) in [4.78, 5) is 49.4. The number of piperazine rings is 1. The maximum atomic E-state index is 12.4. The molecular weight excluding hydrogens is 312 g/mol. The highest BCUT2D eigenvalue weighted by molar-refractivity contribution is 6.07. The van der Waals surface area contributed by atoms with Crippen LogP contribution in [0.15, 0.2) is 0 Å². The standard InChI is InChI=1S/C17H26N2O5/c1-10(2)13-6-5-11(3)7-14(13)24-17(23)19-9-15(21)18(12(4)20)8-16(19)22/h10-11,13-14H,5-9H2,1-4H3/t11-,13+,14-/m1/s1. The van der Waals surface area contributed by atoms with Gasteiger partial charge < -0.3 is 4.74 Å². The first-order valence-corrected chi connectivity index (χ1v) is 8.52. The molecule has 0 unspecified atom stereocenters. The van der Waals surface area contributed by atoms with Gasteiger partial charge in [-0.3, -0.25) is 19.3 Å². The molecule has 1 saturated heterocycles. The summed E-state index contributed by atoms with van der Waals surface area (Å²) < 4.78 is 5.60. The quantitative estimate of drug-likeness (QED) is 0.766. The summed E-state index contributed by atoms with van der Waals surface area (Å²) in [7, 11) is 0. The van der Waals surface area contributed by atoms with Crippen LogP contribution < -0.4 is 0 Å². The average molecular weight is 338 g/mol. The summed E-state index contributed by atoms with van der Waals surface area (Å²) in [5.74, 6) is -0.542. The lowest BCUT2D eigenvalue weighted by atomic mass is 9.75. The molecule has 1 heterocycles. The number of carbonyl (C=O) groups is 4. The number of rotatable bonds is 2. The van der Waals surface area contributed by atoms with E-state index in [1.54, 1.807) is 0 Å². The van der Waals surface area contributed by atoms with E-state index in [2.05, 4.69) is 20.8 Å². The molecule has 24 heavy (non-hydrogen) atoms. The summed E-state index contributed by atoms with van der Waals surface area (Å²) in [6, 6.07) is 0. The largest absolute Gasteiger partial charge is 0.445 e. The summed E-state index contributed by atoms with van der Waals surface area (Å²) in [6.07, 6.45) is 1.84. The molecule has 0 aromatic rings. The lowest BCUT2D eigenvalue weighted by molar-refractivity contribution is -0.156. The minimum atomic E-state index is -0.777. The maximum absolute atomic E-state index is 12.4. The fourth-order valence-electron chi connectivity index (χ4n) is 3.51. The van der Waals surface area contributed by atoms with Crippen molar-refractivity contribution in [3.8, 4) is 0 Å². The van der Waals surface area contributed by atoms with E-state index >= 15 is 0 Å². The summed E-state index contributed by atoms with van der Waals surface area (Å²) in [5.41, 5.74) is 0. The minimum absolute atomic E-state index is 0.241. The van der Waals surface area contributed by atoms with E-state index in [1.807, 2.05) is 0 Å². The fraction of sp³-hybridized carbons (Fsp3) is 0.765. The van der Waals surface area contributed by atoms with Gasteiger partial charge in [-0.2, -0.15) is 0 Å². The number of hydrogen-bond donors (Lipinski definition) is 0. The number of imide groups is 2. The molecule has 0 bridgehead atoms. The van der Waals surface area contributed by atoms with Crippen LogP contribution in [-0.2, 0) is 19.1 Å². The van der Waals surface area contributed by atoms with Gasteiger partial charge in [0.1, 0.15) is 19.2 Å². The van der Waals surface area contributed by atoms with Gasteiger partial charge in [-0.25, -0.2) is 9.69 Å². The maximum Gasteiger partial charge on any atom is 0.417 e. The number of amides is 4. The van der Waals surface area contributed by atoms with Gasteiger partial charge in [0.15, 0.2) is 0 Å². The molecule has 2 fully saturated rings. The first-order valence-electron chi connectivity index (χ1n) is 8.52. The molecule has 7 nitrogen and oxygen atoms in total. The van der Waals surface area contributed by atoms with Gasteiger partial charge in [-0.1, -0.05) is 27.2 Å². The molecule has 2 aliphatic rings. The van der Waals surface area contributed by atoms with Crippen LogP contribution in [-0.4, -0.2) is 52.8 Å². The Morgan fingerprint density at radius 2 is 1.67 bits per heavy atom. The van der Waals surface area contributed by atoms with Gasteiger partial charge in [0, 0.05) is 6.92 Å². The predicted octanol–water partition coefficient (Wildman–Crippen LogP) is 1.80. The fourth-order valence-corrected chi connectivity index (χ4v) is 3.51. The van der Waals surface area contributed by atoms with Crippen LogP contribution in [0.4, 0.5) is 4.79 Å². The second-order valence-electron chi connectivity index (χ2n) is 7.23. The van der Waals surface area contributed by atoms with Crippen LogP contribution >= 0.6 is 0 Å². The molecule has 1 saturated carbocycles. The van der Waals surface area contributed by atoms with Crippen LogP contribution in [0.5, 0.6) is 0 Å². The monoisotopic (exact) mass is 338 g/mol. The third-order valence-electron chi connectivity index (χ3n) is 5.00. The van der Waals surface area contributed by atoms with E-state index in [-0.39, 0.29) is 12.0 Å². The second-order valence-corrected chi connectivity index (χ2v) is 7.23. The molecule has 1 aliphatic carbocycles. The molecular formula is C17H26N2O5. The third kappa shape index (κ3) is 3.94. The van der Waals surface area contributed by atoms with E-state index in [4.69, 9.17) is 4.74 Å². The molecule has 7 heteroatoms. The van der Waals surface area contributed by atoms with Crippen molar-refractivity contribution >= 4 is 23.8 Å². The molecule has 1 aliphatic heterocycles. The topological polar surface area (TPSA) is 84.0 Å². The zero-order valence-electron chi connectivity index (χ0n) is 14.8. The van der Waals surface area contributed by atoms with Crippen LogP contribution in [0, 0.1) is 17.8 Å². The lowest BCUT2D eigenvalue weighted by Gasteiger charge is -2.38. The van der Waals surface area contributed by atoms with Crippen molar-refractivity contribution in [3.05, 3.63) is 0 Å². The highest BCUT2D eigenvalue weighted by Crippen LogP contribution is 2.35. The highest BCUT2D eigenvalue weighted by Gasteiger charge is 2.39. The van der Waals surface area contributed by atoms with Gasteiger partial charge in [-0.15, -0.1) is 0 Å². The summed E-state index contributed by atoms with van der Waals surface area (Å²) >= 11 is 0. The van der Waals surface area contributed by atoms with Crippen molar-refractivity contribution in [2.24, 2.45) is 17.8 Å². The van der Waals surface area contributed by atoms with Gasteiger partial charge in [0.2, 0.25) is 11.8 Å². The van der Waals surface area contributed by atoms with Crippen LogP contribution in [0.3, 0.4) is 0 Å². The van der Waals surface area contributed by atoms with Crippen molar-refractivity contribution in [1.29, 1.82) is 0 Å². The van der Waals surface area contributed by atoms with E-state index in [0.29, 0.717) is 11.8 Å². The van der Waals surface area contributed by atoms with Crippen molar-refractivity contribution in [2.75, 3.05) is 13.1 Å². The number of hydrogen-bond acceptors (Lipinski definition) is 5. The molecule has 0 aromatic heterocycles. The predicted molar refractivity (Wildman–Crippen MR) is 85.7 cm³/mol. The van der Waals surface area contributed by atoms with Gasteiger partial charge >= 0.3 is 6.09 Å². The Hall–Kier alpha value is -1.92. The average Bonchev–Trinajstić information content (AvgIpc) is 2.48. The van der Waals surface area contributed by atoms with E-state index in [9.17, 15) is 19.2 Å². The van der Waals surface area contributed by atoms with Crippen LogP contribution in [0.1, 0.15) is 47.0 Å². The minimum Gasteiger partial charge on any atom is -0.445 e. The molecule has 2 rings (SSSR count). The zero-order valence-corrected chi connectivity index (χ0v) is 14.8. The number of ether oxygens (including phenoxy) is 1. The molecule has 0 aromatic carbocycles. The molecule has 0 N–H and O–H groups in total. The van der Waals surface area contributed by atoms with Gasteiger partial charge in [0.05, 0.1) is 0 Å². The number of carbonyl (C=O) groups excluding carboxylic acids is 4. The first kappa shape index (κ1) is 18.4. The summed E-state index contributed by atoms with van der Waals surface area (Å²) in [6.45, 7) is 6.70. The van der Waals surface area contributed by atoms with Crippen molar-refractivity contribution in [3.63, 3.8) is 0 Å². The Morgan fingerprint density at radius 1 is 1.08 bits per heavy atom. The molecule has 4 amide bonds. The Bertz CT molecular complexity index is 545. The molecule has 0 spiro atoms. The number of nitrogens with zero attached hydrogens (tertiary/aromatic N) is 2. The Morgan fingerprint density at radius 3 is 2.25 bits per heavy atom. The zero-order chi connectivity index (χ0) is 18.0. The normalized spacial score (nSPS) is 28.3. The SMILES string of the molecule is CC(=O)N1CC(=O)N(C(=O)O[C@@H]2C[C@H](C)CC[C@H]2C(C)C)CC1=O. The lowest BCUT2D eigenvalue weighted by Crippen LogP contribution is -2.57. The van der Waals surface area contributed by atoms with Crippen molar-refractivity contribution in [1.82, 2.24) is 9.80 Å².